The van der Waals surface area contributed by atoms with E-state index in [-0.39, 0.29) is 11.7 Å². The first-order chi connectivity index (χ1) is 12.1. The Balaban J connectivity index is 1.57. The zero-order valence-corrected chi connectivity index (χ0v) is 14.7. The average Bonchev–Trinajstić information content (AvgIpc) is 2.94. The molecule has 7 heteroatoms. The monoisotopic (exact) mass is 353 g/mol. The summed E-state index contributed by atoms with van der Waals surface area (Å²) in [5.41, 5.74) is 2.98. The number of nitrogens with zero attached hydrogens (tertiary/aromatic N) is 3. The Morgan fingerprint density at radius 3 is 2.72 bits per heavy atom. The molecular weight excluding hydrogens is 334 g/mol. The van der Waals surface area contributed by atoms with Crippen LogP contribution < -0.4 is 11.2 Å². The fourth-order valence-electron chi connectivity index (χ4n) is 2.35. The summed E-state index contributed by atoms with van der Waals surface area (Å²) in [6, 6.07) is 17.6. The zero-order chi connectivity index (χ0) is 17.6. The number of benzene rings is 2. The molecule has 0 unspecified atom stereocenters. The summed E-state index contributed by atoms with van der Waals surface area (Å²) in [5, 5.41) is 11.6. The molecule has 1 aromatic heterocycles. The standard InChI is InChI=1S/C18H19N5OS/c1-13-6-5-9-15(10-13)20-17(24)12-25-18-22-21-16(23(18)19)11-14-7-3-2-4-8-14/h2-10H,11-12,19H2,1H3,(H,20,24). The summed E-state index contributed by atoms with van der Waals surface area (Å²) < 4.78 is 1.44. The van der Waals surface area contributed by atoms with E-state index in [4.69, 9.17) is 5.84 Å². The molecule has 0 radical (unpaired) electrons. The number of nitrogens with two attached hydrogens (primary N) is 1. The van der Waals surface area contributed by atoms with Gasteiger partial charge in [-0.3, -0.25) is 4.79 Å². The van der Waals surface area contributed by atoms with Crippen molar-refractivity contribution in [3.63, 3.8) is 0 Å². The van der Waals surface area contributed by atoms with Crippen molar-refractivity contribution in [1.82, 2.24) is 14.9 Å². The second kappa shape index (κ2) is 7.85. The highest BCUT2D eigenvalue weighted by atomic mass is 32.2. The van der Waals surface area contributed by atoms with Crippen LogP contribution in [0.4, 0.5) is 5.69 Å². The molecule has 0 fully saturated rings. The molecule has 0 bridgehead atoms. The molecular formula is C18H19N5OS. The number of thioether (sulfide) groups is 1. The molecule has 1 heterocycles. The maximum atomic E-state index is 12.1. The molecule has 0 aliphatic carbocycles. The number of rotatable bonds is 6. The first-order valence-electron chi connectivity index (χ1n) is 7.84. The maximum Gasteiger partial charge on any atom is 0.234 e. The van der Waals surface area contributed by atoms with E-state index in [1.165, 1.54) is 16.4 Å². The molecule has 0 saturated heterocycles. The quantitative estimate of drug-likeness (QED) is 0.525. The maximum absolute atomic E-state index is 12.1. The van der Waals surface area contributed by atoms with Crippen LogP contribution in [-0.4, -0.2) is 26.5 Å². The highest BCUT2D eigenvalue weighted by Crippen LogP contribution is 2.17. The summed E-state index contributed by atoms with van der Waals surface area (Å²) in [6.45, 7) is 1.98. The number of anilines is 1. The van der Waals surface area contributed by atoms with Crippen molar-refractivity contribution in [2.24, 2.45) is 0 Å². The molecule has 0 atom stereocenters. The SMILES string of the molecule is Cc1cccc(NC(=O)CSc2nnc(Cc3ccccc3)n2N)c1. The van der Waals surface area contributed by atoms with Crippen LogP contribution in [0, 0.1) is 6.92 Å². The number of hydrogen-bond acceptors (Lipinski definition) is 5. The van der Waals surface area contributed by atoms with Crippen LogP contribution in [-0.2, 0) is 11.2 Å². The van der Waals surface area contributed by atoms with Gasteiger partial charge in [-0.05, 0) is 30.2 Å². The number of aryl methyl sites for hydroxylation is 1. The van der Waals surface area contributed by atoms with E-state index in [1.54, 1.807) is 0 Å². The fourth-order valence-corrected chi connectivity index (χ4v) is 3.03. The highest BCUT2D eigenvalue weighted by molar-refractivity contribution is 7.99. The highest BCUT2D eigenvalue weighted by Gasteiger charge is 2.13. The Morgan fingerprint density at radius 1 is 1.16 bits per heavy atom. The molecule has 0 saturated carbocycles. The average molecular weight is 353 g/mol. The van der Waals surface area contributed by atoms with Crippen molar-refractivity contribution in [2.75, 3.05) is 16.9 Å². The van der Waals surface area contributed by atoms with Crippen molar-refractivity contribution in [3.05, 3.63) is 71.5 Å². The Morgan fingerprint density at radius 2 is 1.96 bits per heavy atom. The van der Waals surface area contributed by atoms with Gasteiger partial charge >= 0.3 is 0 Å². The van der Waals surface area contributed by atoms with Gasteiger partial charge in [0.1, 0.15) is 0 Å². The van der Waals surface area contributed by atoms with Gasteiger partial charge in [-0.2, -0.15) is 0 Å². The van der Waals surface area contributed by atoms with Crippen LogP contribution in [0.1, 0.15) is 17.0 Å². The largest absolute Gasteiger partial charge is 0.336 e. The lowest BCUT2D eigenvalue weighted by atomic mass is 10.1. The fraction of sp³-hybridized carbons (Fsp3) is 0.167. The van der Waals surface area contributed by atoms with E-state index in [9.17, 15) is 4.79 Å². The van der Waals surface area contributed by atoms with Gasteiger partial charge in [0.15, 0.2) is 5.82 Å². The van der Waals surface area contributed by atoms with Crippen LogP contribution in [0.5, 0.6) is 0 Å². The Hall–Kier alpha value is -2.80. The minimum Gasteiger partial charge on any atom is -0.336 e. The van der Waals surface area contributed by atoms with Crippen molar-refractivity contribution >= 4 is 23.4 Å². The minimum absolute atomic E-state index is 0.108. The van der Waals surface area contributed by atoms with E-state index in [0.29, 0.717) is 17.4 Å². The molecule has 3 N–H and O–H groups in total. The van der Waals surface area contributed by atoms with Crippen molar-refractivity contribution in [1.29, 1.82) is 0 Å². The lowest BCUT2D eigenvalue weighted by Crippen LogP contribution is -2.17. The second-order valence-electron chi connectivity index (χ2n) is 5.64. The van der Waals surface area contributed by atoms with Gasteiger partial charge in [-0.1, -0.05) is 54.2 Å². The van der Waals surface area contributed by atoms with Crippen LogP contribution >= 0.6 is 11.8 Å². The molecule has 25 heavy (non-hydrogen) atoms. The third-order valence-corrected chi connectivity index (χ3v) is 4.52. The normalized spacial score (nSPS) is 10.6. The smallest absolute Gasteiger partial charge is 0.234 e. The predicted molar refractivity (Wildman–Crippen MR) is 100.0 cm³/mol. The summed E-state index contributed by atoms with van der Waals surface area (Å²) in [4.78, 5) is 12.1. The van der Waals surface area contributed by atoms with Crippen LogP contribution in [0.3, 0.4) is 0 Å². The van der Waals surface area contributed by atoms with Gasteiger partial charge < -0.3 is 11.2 Å². The molecule has 3 rings (SSSR count). The van der Waals surface area contributed by atoms with E-state index in [2.05, 4.69) is 15.5 Å². The van der Waals surface area contributed by atoms with E-state index in [0.717, 1.165) is 16.8 Å². The molecule has 0 aliphatic heterocycles. The second-order valence-corrected chi connectivity index (χ2v) is 6.58. The predicted octanol–water partition coefficient (Wildman–Crippen LogP) is 2.62. The zero-order valence-electron chi connectivity index (χ0n) is 13.8. The lowest BCUT2D eigenvalue weighted by Gasteiger charge is -2.06. The van der Waals surface area contributed by atoms with Gasteiger partial charge in [0.25, 0.3) is 0 Å². The number of nitrogens with one attached hydrogen (secondary N) is 1. The van der Waals surface area contributed by atoms with Gasteiger partial charge in [-0.25, -0.2) is 4.68 Å². The number of carbonyl (C=O) groups excluding carboxylic acids is 1. The lowest BCUT2D eigenvalue weighted by molar-refractivity contribution is -0.113. The molecule has 3 aromatic rings. The summed E-state index contributed by atoms with van der Waals surface area (Å²) in [7, 11) is 0. The van der Waals surface area contributed by atoms with Crippen LogP contribution in [0.15, 0.2) is 59.8 Å². The molecule has 0 aliphatic rings. The van der Waals surface area contributed by atoms with E-state index >= 15 is 0 Å². The van der Waals surface area contributed by atoms with Gasteiger partial charge in [0.2, 0.25) is 11.1 Å². The number of nitrogen functional groups attached to an aromatic ring is 1. The summed E-state index contributed by atoms with van der Waals surface area (Å²) in [5.74, 6) is 6.82. The summed E-state index contributed by atoms with van der Waals surface area (Å²) in [6.07, 6.45) is 0.598. The Kier molecular flexibility index (Phi) is 5.35. The van der Waals surface area contributed by atoms with E-state index < -0.39 is 0 Å². The minimum atomic E-state index is -0.108. The van der Waals surface area contributed by atoms with Crippen LogP contribution in [0.25, 0.3) is 0 Å². The first kappa shape index (κ1) is 17.0. The topological polar surface area (TPSA) is 85.8 Å². The van der Waals surface area contributed by atoms with Crippen LogP contribution in [0.2, 0.25) is 0 Å². The Bertz CT molecular complexity index is 863. The molecule has 1 amide bonds. The molecule has 6 nitrogen and oxygen atoms in total. The molecule has 0 spiro atoms. The Labute approximate surface area is 150 Å². The number of aromatic nitrogens is 3. The van der Waals surface area contributed by atoms with Crippen molar-refractivity contribution in [3.8, 4) is 0 Å². The number of carbonyl (C=O) groups is 1. The van der Waals surface area contributed by atoms with Gasteiger partial charge in [0.05, 0.1) is 5.75 Å². The van der Waals surface area contributed by atoms with E-state index in [1.807, 2.05) is 61.5 Å². The van der Waals surface area contributed by atoms with Crippen molar-refractivity contribution in [2.45, 2.75) is 18.5 Å². The van der Waals surface area contributed by atoms with Gasteiger partial charge in [0, 0.05) is 12.1 Å². The van der Waals surface area contributed by atoms with Crippen molar-refractivity contribution < 1.29 is 4.79 Å². The van der Waals surface area contributed by atoms with Gasteiger partial charge in [-0.15, -0.1) is 10.2 Å². The number of amides is 1. The first-order valence-corrected chi connectivity index (χ1v) is 8.83. The number of hydrogen-bond donors (Lipinski definition) is 2. The third-order valence-electron chi connectivity index (χ3n) is 3.57. The summed E-state index contributed by atoms with van der Waals surface area (Å²) >= 11 is 1.26. The third kappa shape index (κ3) is 4.60. The molecule has 2 aromatic carbocycles. The molecule has 128 valence electrons.